The van der Waals surface area contributed by atoms with Gasteiger partial charge in [0.25, 0.3) is 0 Å². The van der Waals surface area contributed by atoms with Crippen LogP contribution in [0.3, 0.4) is 0 Å². The van der Waals surface area contributed by atoms with Gasteiger partial charge in [-0.15, -0.1) is 0 Å². The fourth-order valence-corrected chi connectivity index (χ4v) is 3.63. The first-order valence-corrected chi connectivity index (χ1v) is 7.93. The van der Waals surface area contributed by atoms with Gasteiger partial charge in [0.05, 0.1) is 0 Å². The first-order chi connectivity index (χ1) is 8.51. The Bertz CT molecular complexity index is 256. The fraction of sp³-hybridized carbons (Fsp3) is 1.00. The normalized spacial score (nSPS) is 30.3. The van der Waals surface area contributed by atoms with Crippen molar-refractivity contribution in [1.29, 1.82) is 0 Å². The molecule has 0 aliphatic heterocycles. The lowest BCUT2D eigenvalue weighted by atomic mass is 9.85. The van der Waals surface area contributed by atoms with Crippen LogP contribution in [0.5, 0.6) is 0 Å². The predicted octanol–water partition coefficient (Wildman–Crippen LogP) is 3.13. The highest BCUT2D eigenvalue weighted by Crippen LogP contribution is 2.41. The Morgan fingerprint density at radius 3 is 2.39 bits per heavy atom. The number of hydrogen-bond donors (Lipinski definition) is 1. The second-order valence-corrected chi connectivity index (χ2v) is 7.41. The maximum absolute atomic E-state index is 3.68. The van der Waals surface area contributed by atoms with E-state index >= 15 is 0 Å². The van der Waals surface area contributed by atoms with Crippen LogP contribution in [-0.4, -0.2) is 37.6 Å². The van der Waals surface area contributed by atoms with E-state index in [2.05, 4.69) is 38.0 Å². The van der Waals surface area contributed by atoms with E-state index in [0.717, 1.165) is 11.8 Å². The summed E-state index contributed by atoms with van der Waals surface area (Å²) in [4.78, 5) is 2.61. The molecule has 0 aromatic heterocycles. The van der Waals surface area contributed by atoms with Gasteiger partial charge in [-0.3, -0.25) is 0 Å². The topological polar surface area (TPSA) is 15.3 Å². The summed E-state index contributed by atoms with van der Waals surface area (Å²) in [5.74, 6) is 1.98. The molecule has 18 heavy (non-hydrogen) atoms. The summed E-state index contributed by atoms with van der Waals surface area (Å²) in [6.07, 6.45) is 7.19. The molecule has 2 fully saturated rings. The van der Waals surface area contributed by atoms with Gasteiger partial charge in [-0.05, 0) is 43.6 Å². The molecule has 106 valence electrons. The van der Waals surface area contributed by atoms with Gasteiger partial charge in [-0.2, -0.15) is 0 Å². The van der Waals surface area contributed by atoms with Crippen LogP contribution in [0, 0.1) is 17.3 Å². The molecule has 0 saturated heterocycles. The summed E-state index contributed by atoms with van der Waals surface area (Å²) in [5, 5.41) is 3.68. The van der Waals surface area contributed by atoms with Crippen LogP contribution < -0.4 is 5.32 Å². The smallest absolute Gasteiger partial charge is 0.00472 e. The molecule has 0 amide bonds. The second-order valence-electron chi connectivity index (χ2n) is 7.41. The molecule has 2 aliphatic carbocycles. The summed E-state index contributed by atoms with van der Waals surface area (Å²) in [6.45, 7) is 10.8. The highest BCUT2D eigenvalue weighted by Gasteiger charge is 2.37. The standard InChI is InChI=1S/C16H32N2/c1-13(2)17-11-16(7-5-6-8-16)12-18(4)10-15-9-14(15)3/h13-15,17H,5-12H2,1-4H3. The van der Waals surface area contributed by atoms with Gasteiger partial charge in [0.1, 0.15) is 0 Å². The minimum atomic E-state index is 0.567. The van der Waals surface area contributed by atoms with Crippen LogP contribution in [0.25, 0.3) is 0 Å². The first-order valence-electron chi connectivity index (χ1n) is 7.93. The number of nitrogens with one attached hydrogen (secondary N) is 1. The van der Waals surface area contributed by atoms with Crippen LogP contribution in [-0.2, 0) is 0 Å². The molecule has 2 nitrogen and oxygen atoms in total. The van der Waals surface area contributed by atoms with Crippen molar-refractivity contribution in [3.63, 3.8) is 0 Å². The molecular weight excluding hydrogens is 220 g/mol. The number of rotatable bonds is 7. The van der Waals surface area contributed by atoms with Crippen LogP contribution in [0.2, 0.25) is 0 Å². The summed E-state index contributed by atoms with van der Waals surface area (Å²) in [6, 6.07) is 0.622. The zero-order chi connectivity index (χ0) is 13.2. The van der Waals surface area contributed by atoms with E-state index in [0.29, 0.717) is 11.5 Å². The minimum absolute atomic E-state index is 0.567. The average molecular weight is 252 g/mol. The largest absolute Gasteiger partial charge is 0.314 e. The van der Waals surface area contributed by atoms with Gasteiger partial charge < -0.3 is 10.2 Å². The molecule has 2 aliphatic rings. The van der Waals surface area contributed by atoms with Gasteiger partial charge in [0.2, 0.25) is 0 Å². The summed E-state index contributed by atoms with van der Waals surface area (Å²) >= 11 is 0. The molecule has 0 bridgehead atoms. The Balaban J connectivity index is 1.80. The Morgan fingerprint density at radius 1 is 1.28 bits per heavy atom. The van der Waals surface area contributed by atoms with Crippen molar-refractivity contribution >= 4 is 0 Å². The minimum Gasteiger partial charge on any atom is -0.314 e. The van der Waals surface area contributed by atoms with Gasteiger partial charge in [0.15, 0.2) is 0 Å². The Morgan fingerprint density at radius 2 is 1.89 bits per heavy atom. The molecule has 0 heterocycles. The van der Waals surface area contributed by atoms with Gasteiger partial charge in [0, 0.05) is 25.7 Å². The fourth-order valence-electron chi connectivity index (χ4n) is 3.63. The van der Waals surface area contributed by atoms with E-state index in [4.69, 9.17) is 0 Å². The van der Waals surface area contributed by atoms with E-state index < -0.39 is 0 Å². The molecule has 0 radical (unpaired) electrons. The van der Waals surface area contributed by atoms with Gasteiger partial charge in [-0.25, -0.2) is 0 Å². The lowest BCUT2D eigenvalue weighted by molar-refractivity contribution is 0.164. The van der Waals surface area contributed by atoms with Crippen molar-refractivity contribution in [1.82, 2.24) is 10.2 Å². The van der Waals surface area contributed by atoms with Crippen molar-refractivity contribution in [2.75, 3.05) is 26.7 Å². The zero-order valence-corrected chi connectivity index (χ0v) is 12.8. The number of nitrogens with zero attached hydrogens (tertiary/aromatic N) is 1. The molecule has 2 saturated carbocycles. The van der Waals surface area contributed by atoms with Gasteiger partial charge >= 0.3 is 0 Å². The zero-order valence-electron chi connectivity index (χ0n) is 12.8. The highest BCUT2D eigenvalue weighted by atomic mass is 15.1. The SMILES string of the molecule is CC(C)NCC1(CN(C)CC2CC2C)CCCC1. The van der Waals surface area contributed by atoms with Crippen molar-refractivity contribution in [2.24, 2.45) is 17.3 Å². The third-order valence-corrected chi connectivity index (χ3v) is 4.98. The molecule has 0 spiro atoms. The predicted molar refractivity (Wildman–Crippen MR) is 78.8 cm³/mol. The van der Waals surface area contributed by atoms with Crippen molar-refractivity contribution < 1.29 is 0 Å². The van der Waals surface area contributed by atoms with E-state index in [-0.39, 0.29) is 0 Å². The van der Waals surface area contributed by atoms with Crippen LogP contribution in [0.1, 0.15) is 52.9 Å². The lowest BCUT2D eigenvalue weighted by Gasteiger charge is -2.35. The molecule has 2 heteroatoms. The molecular formula is C16H32N2. The monoisotopic (exact) mass is 252 g/mol. The lowest BCUT2D eigenvalue weighted by Crippen LogP contribution is -2.43. The van der Waals surface area contributed by atoms with E-state index in [1.165, 1.54) is 51.7 Å². The summed E-state index contributed by atoms with van der Waals surface area (Å²) < 4.78 is 0. The molecule has 0 aromatic carbocycles. The average Bonchev–Trinajstić information content (AvgIpc) is 2.78. The van der Waals surface area contributed by atoms with Crippen molar-refractivity contribution in [3.05, 3.63) is 0 Å². The Labute approximate surface area is 114 Å². The van der Waals surface area contributed by atoms with E-state index in [9.17, 15) is 0 Å². The molecule has 1 N–H and O–H groups in total. The molecule has 2 rings (SSSR count). The molecule has 2 unspecified atom stereocenters. The number of hydrogen-bond acceptors (Lipinski definition) is 2. The Kier molecular flexibility index (Phi) is 4.71. The van der Waals surface area contributed by atoms with Crippen LogP contribution >= 0.6 is 0 Å². The summed E-state index contributed by atoms with van der Waals surface area (Å²) in [5.41, 5.74) is 0.567. The third kappa shape index (κ3) is 3.96. The van der Waals surface area contributed by atoms with Crippen LogP contribution in [0.4, 0.5) is 0 Å². The van der Waals surface area contributed by atoms with Crippen LogP contribution in [0.15, 0.2) is 0 Å². The summed E-state index contributed by atoms with van der Waals surface area (Å²) in [7, 11) is 2.33. The highest BCUT2D eigenvalue weighted by molar-refractivity contribution is 4.91. The maximum Gasteiger partial charge on any atom is 0.00472 e. The quantitative estimate of drug-likeness (QED) is 0.749. The van der Waals surface area contributed by atoms with Crippen molar-refractivity contribution in [3.8, 4) is 0 Å². The first kappa shape index (κ1) is 14.3. The molecule has 0 aromatic rings. The third-order valence-electron chi connectivity index (χ3n) is 4.98. The maximum atomic E-state index is 3.68. The van der Waals surface area contributed by atoms with Crippen molar-refractivity contribution in [2.45, 2.75) is 58.9 Å². The van der Waals surface area contributed by atoms with Gasteiger partial charge in [-0.1, -0.05) is 33.6 Å². The second kappa shape index (κ2) is 5.92. The molecule has 2 atom stereocenters. The van der Waals surface area contributed by atoms with E-state index in [1.54, 1.807) is 0 Å². The van der Waals surface area contributed by atoms with E-state index in [1.807, 2.05) is 0 Å². The Hall–Kier alpha value is -0.0800.